The van der Waals surface area contributed by atoms with Gasteiger partial charge in [-0.3, -0.25) is 14.5 Å². The predicted molar refractivity (Wildman–Crippen MR) is 131 cm³/mol. The number of Topliss-reactive ketones (excluding diaryl/α,β-unsaturated/α-hetero) is 1. The van der Waals surface area contributed by atoms with Crippen molar-refractivity contribution in [2.45, 2.75) is 46.0 Å². The van der Waals surface area contributed by atoms with Gasteiger partial charge in [-0.25, -0.2) is 0 Å². The van der Waals surface area contributed by atoms with Crippen molar-refractivity contribution in [1.29, 1.82) is 0 Å². The minimum atomic E-state index is -0.224. The summed E-state index contributed by atoms with van der Waals surface area (Å²) in [6.07, 6.45) is 1.47. The average Bonchev–Trinajstić information content (AvgIpc) is 2.78. The highest BCUT2D eigenvalue weighted by molar-refractivity contribution is 6.11. The van der Waals surface area contributed by atoms with E-state index >= 15 is 0 Å². The van der Waals surface area contributed by atoms with Gasteiger partial charge in [-0.15, -0.1) is 0 Å². The van der Waals surface area contributed by atoms with Gasteiger partial charge in [-0.05, 0) is 47.9 Å². The van der Waals surface area contributed by atoms with Crippen LogP contribution in [0.4, 0.5) is 5.69 Å². The Morgan fingerprint density at radius 3 is 2.42 bits per heavy atom. The molecule has 5 rings (SSSR count). The molecule has 3 aromatic carbocycles. The summed E-state index contributed by atoms with van der Waals surface area (Å²) in [6, 6.07) is 22.0. The number of rotatable bonds is 4. The Hall–Kier alpha value is -3.40. The molecule has 2 aliphatic rings. The van der Waals surface area contributed by atoms with Gasteiger partial charge in [0.15, 0.2) is 5.78 Å². The number of ether oxygens (including phenoxy) is 1. The highest BCUT2D eigenvalue weighted by Gasteiger charge is 2.44. The van der Waals surface area contributed by atoms with Crippen molar-refractivity contribution in [2.24, 2.45) is 5.41 Å². The number of ketones is 1. The first-order chi connectivity index (χ1) is 15.9. The van der Waals surface area contributed by atoms with Crippen LogP contribution in [0.3, 0.4) is 0 Å². The smallest absolute Gasteiger partial charge is 0.232 e. The normalized spacial score (nSPS) is 20.2. The lowest BCUT2D eigenvalue weighted by Gasteiger charge is -2.43. The summed E-state index contributed by atoms with van der Waals surface area (Å²) in [4.78, 5) is 29.1. The van der Waals surface area contributed by atoms with Gasteiger partial charge in [-0.2, -0.15) is 0 Å². The zero-order valence-corrected chi connectivity index (χ0v) is 19.4. The second-order valence-corrected chi connectivity index (χ2v) is 9.79. The molecule has 3 aromatic rings. The van der Waals surface area contributed by atoms with Gasteiger partial charge in [0.2, 0.25) is 5.91 Å². The van der Waals surface area contributed by atoms with Crippen molar-refractivity contribution in [3.05, 3.63) is 83.6 Å². The fourth-order valence-corrected chi connectivity index (χ4v) is 5.35. The summed E-state index contributed by atoms with van der Waals surface area (Å²) < 4.78 is 5.59. The van der Waals surface area contributed by atoms with Crippen LogP contribution in [-0.2, 0) is 9.59 Å². The third-order valence-electron chi connectivity index (χ3n) is 6.74. The van der Waals surface area contributed by atoms with Gasteiger partial charge in [0.25, 0.3) is 0 Å². The summed E-state index contributed by atoms with van der Waals surface area (Å²) in [5, 5.41) is 2.11. The fraction of sp³-hybridized carbons (Fsp3) is 0.310. The van der Waals surface area contributed by atoms with E-state index < -0.39 is 0 Å². The number of amides is 1. The van der Waals surface area contributed by atoms with Crippen molar-refractivity contribution in [1.82, 2.24) is 0 Å². The Balaban J connectivity index is 1.68. The van der Waals surface area contributed by atoms with E-state index in [0.717, 1.165) is 39.0 Å². The summed E-state index contributed by atoms with van der Waals surface area (Å²) in [6.45, 7) is 6.78. The molecule has 0 spiro atoms. The standard InChI is InChI=1S/C29H29NO3/c1-4-33-21-14-12-20(13-15-21)23-16-27(32)30(25-17-29(2,3)18-26(31)28(23)25)24-11-7-9-19-8-5-6-10-22(19)24/h5-15,23H,4,16-18H2,1-3H3. The van der Waals surface area contributed by atoms with Crippen LogP contribution in [0, 0.1) is 5.41 Å². The Bertz CT molecular complexity index is 1260. The van der Waals surface area contributed by atoms with Crippen molar-refractivity contribution >= 4 is 28.2 Å². The van der Waals surface area contributed by atoms with Crippen LogP contribution in [0.1, 0.15) is 51.5 Å². The molecule has 0 radical (unpaired) electrons. The van der Waals surface area contributed by atoms with E-state index in [9.17, 15) is 9.59 Å². The number of carbonyl (C=O) groups is 2. The molecule has 0 saturated carbocycles. The Labute approximate surface area is 194 Å². The van der Waals surface area contributed by atoms with E-state index in [1.54, 1.807) is 0 Å². The minimum absolute atomic E-state index is 0.0366. The Morgan fingerprint density at radius 1 is 0.939 bits per heavy atom. The Morgan fingerprint density at radius 2 is 1.67 bits per heavy atom. The average molecular weight is 440 g/mol. The largest absolute Gasteiger partial charge is 0.494 e. The lowest BCUT2D eigenvalue weighted by Crippen LogP contribution is -2.43. The van der Waals surface area contributed by atoms with Crippen molar-refractivity contribution in [2.75, 3.05) is 11.5 Å². The molecule has 1 heterocycles. The van der Waals surface area contributed by atoms with E-state index in [2.05, 4.69) is 26.0 Å². The maximum atomic E-state index is 13.7. The summed E-state index contributed by atoms with van der Waals surface area (Å²) in [5.74, 6) is 0.761. The number of carbonyl (C=O) groups excluding carboxylic acids is 2. The maximum absolute atomic E-state index is 13.7. The third-order valence-corrected chi connectivity index (χ3v) is 6.74. The number of anilines is 1. The molecular weight excluding hydrogens is 410 g/mol. The van der Waals surface area contributed by atoms with E-state index in [1.165, 1.54) is 0 Å². The lowest BCUT2D eigenvalue weighted by atomic mass is 9.69. The number of hydrogen-bond acceptors (Lipinski definition) is 3. The molecule has 1 unspecified atom stereocenters. The molecule has 0 bridgehead atoms. The van der Waals surface area contributed by atoms with Gasteiger partial charge in [0.05, 0.1) is 12.3 Å². The van der Waals surface area contributed by atoms with Gasteiger partial charge in [-0.1, -0.05) is 62.4 Å². The summed E-state index contributed by atoms with van der Waals surface area (Å²) in [7, 11) is 0. The molecule has 0 saturated heterocycles. The summed E-state index contributed by atoms with van der Waals surface area (Å²) in [5.41, 5.74) is 3.32. The number of hydrogen-bond donors (Lipinski definition) is 0. The number of nitrogens with zero attached hydrogens (tertiary/aromatic N) is 1. The zero-order chi connectivity index (χ0) is 23.2. The van der Waals surface area contributed by atoms with Crippen molar-refractivity contribution in [3.8, 4) is 5.75 Å². The van der Waals surface area contributed by atoms with Crippen LogP contribution in [0.2, 0.25) is 0 Å². The van der Waals surface area contributed by atoms with Gasteiger partial charge < -0.3 is 4.74 Å². The quantitative estimate of drug-likeness (QED) is 0.472. The lowest BCUT2D eigenvalue weighted by molar-refractivity contribution is -0.120. The van der Waals surface area contributed by atoms with Crippen LogP contribution in [-0.4, -0.2) is 18.3 Å². The SMILES string of the molecule is CCOc1ccc(C2CC(=O)N(c3cccc4ccccc34)C3=C2C(=O)CC(C)(C)C3)cc1. The molecule has 1 aliphatic carbocycles. The van der Waals surface area contributed by atoms with E-state index in [4.69, 9.17) is 4.74 Å². The van der Waals surface area contributed by atoms with Crippen molar-refractivity contribution in [3.63, 3.8) is 0 Å². The monoisotopic (exact) mass is 439 g/mol. The summed E-state index contributed by atoms with van der Waals surface area (Å²) >= 11 is 0. The van der Waals surface area contributed by atoms with Crippen molar-refractivity contribution < 1.29 is 14.3 Å². The molecule has 1 aliphatic heterocycles. The highest BCUT2D eigenvalue weighted by atomic mass is 16.5. The third kappa shape index (κ3) is 3.84. The molecule has 0 fully saturated rings. The molecule has 168 valence electrons. The maximum Gasteiger partial charge on any atom is 0.232 e. The second kappa shape index (κ2) is 8.18. The van der Waals surface area contributed by atoms with Crippen LogP contribution in [0.25, 0.3) is 10.8 Å². The fourth-order valence-electron chi connectivity index (χ4n) is 5.35. The molecule has 33 heavy (non-hydrogen) atoms. The minimum Gasteiger partial charge on any atom is -0.494 e. The van der Waals surface area contributed by atoms with Crippen LogP contribution < -0.4 is 9.64 Å². The second-order valence-electron chi connectivity index (χ2n) is 9.79. The first-order valence-electron chi connectivity index (χ1n) is 11.7. The molecule has 4 nitrogen and oxygen atoms in total. The molecule has 0 aromatic heterocycles. The van der Waals surface area contributed by atoms with E-state index in [0.29, 0.717) is 19.4 Å². The van der Waals surface area contributed by atoms with Crippen LogP contribution in [0.15, 0.2) is 78.0 Å². The van der Waals surface area contributed by atoms with Crippen LogP contribution >= 0.6 is 0 Å². The predicted octanol–water partition coefficient (Wildman–Crippen LogP) is 6.40. The topological polar surface area (TPSA) is 46.6 Å². The molecule has 1 amide bonds. The number of fused-ring (bicyclic) bond motifs is 1. The van der Waals surface area contributed by atoms with Gasteiger partial charge >= 0.3 is 0 Å². The Kier molecular flexibility index (Phi) is 5.32. The molecule has 0 N–H and O–H groups in total. The zero-order valence-electron chi connectivity index (χ0n) is 19.4. The van der Waals surface area contributed by atoms with E-state index in [-0.39, 0.29) is 29.4 Å². The number of allylic oxidation sites excluding steroid dienone is 2. The van der Waals surface area contributed by atoms with Gasteiger partial charge in [0, 0.05) is 35.4 Å². The van der Waals surface area contributed by atoms with E-state index in [1.807, 2.05) is 66.4 Å². The molecule has 4 heteroatoms. The first kappa shape index (κ1) is 21.4. The highest BCUT2D eigenvalue weighted by Crippen LogP contribution is 2.49. The number of benzene rings is 3. The molecule has 1 atom stereocenters. The first-order valence-corrected chi connectivity index (χ1v) is 11.7. The van der Waals surface area contributed by atoms with Gasteiger partial charge in [0.1, 0.15) is 5.75 Å². The molecular formula is C29H29NO3. The van der Waals surface area contributed by atoms with Crippen LogP contribution in [0.5, 0.6) is 5.75 Å².